The molecule has 0 saturated heterocycles. The smallest absolute Gasteiger partial charge is 0.0910 e. The van der Waals surface area contributed by atoms with Gasteiger partial charge in [-0.2, -0.15) is 0 Å². The average Bonchev–Trinajstić information content (AvgIpc) is 2.68. The fraction of sp³-hybridized carbons (Fsp3) is 0.692. The highest BCUT2D eigenvalue weighted by molar-refractivity contribution is 9.10. The zero-order valence-corrected chi connectivity index (χ0v) is 12.2. The topological polar surface area (TPSA) is 20.2 Å². The number of hydrogen-bond donors (Lipinski definition) is 1. The molecular weight excluding hydrogens is 284 g/mol. The summed E-state index contributed by atoms with van der Waals surface area (Å²) in [6, 6.07) is 2.05. The van der Waals surface area contributed by atoms with Crippen molar-refractivity contribution in [3.63, 3.8) is 0 Å². The lowest BCUT2D eigenvalue weighted by atomic mass is 9.74. The van der Waals surface area contributed by atoms with Crippen molar-refractivity contribution in [1.82, 2.24) is 0 Å². The maximum absolute atomic E-state index is 10.4. The largest absolute Gasteiger partial charge is 0.387 e. The molecule has 0 spiro atoms. The van der Waals surface area contributed by atoms with Gasteiger partial charge in [0.2, 0.25) is 0 Å². The lowest BCUT2D eigenvalue weighted by Crippen LogP contribution is -2.24. The van der Waals surface area contributed by atoms with Crippen molar-refractivity contribution in [1.29, 1.82) is 0 Å². The van der Waals surface area contributed by atoms with Gasteiger partial charge in [-0.3, -0.25) is 0 Å². The summed E-state index contributed by atoms with van der Waals surface area (Å²) >= 11 is 5.10. The van der Waals surface area contributed by atoms with Gasteiger partial charge < -0.3 is 5.11 Å². The van der Waals surface area contributed by atoms with E-state index in [1.54, 1.807) is 11.3 Å². The number of thiophene rings is 1. The number of hydrogen-bond acceptors (Lipinski definition) is 2. The third-order valence-electron chi connectivity index (χ3n) is 3.96. The van der Waals surface area contributed by atoms with Crippen molar-refractivity contribution in [2.24, 2.45) is 17.8 Å². The summed E-state index contributed by atoms with van der Waals surface area (Å²) in [5, 5.41) is 12.4. The van der Waals surface area contributed by atoms with E-state index in [4.69, 9.17) is 0 Å². The van der Waals surface area contributed by atoms with E-state index in [0.29, 0.717) is 5.92 Å². The van der Waals surface area contributed by atoms with E-state index in [9.17, 15) is 5.11 Å². The van der Waals surface area contributed by atoms with Crippen LogP contribution in [0.1, 0.15) is 44.1 Å². The molecular formula is C13H19BrOS. The molecule has 0 bridgehead atoms. The molecule has 4 atom stereocenters. The number of halogens is 1. The van der Waals surface area contributed by atoms with Gasteiger partial charge in [0.25, 0.3) is 0 Å². The first-order valence-electron chi connectivity index (χ1n) is 6.00. The Labute approximate surface area is 110 Å². The molecule has 1 aliphatic rings. The maximum atomic E-state index is 10.4. The zero-order chi connectivity index (χ0) is 11.7. The van der Waals surface area contributed by atoms with Crippen LogP contribution in [0.5, 0.6) is 0 Å². The first-order chi connectivity index (χ1) is 7.58. The van der Waals surface area contributed by atoms with Gasteiger partial charge in [0, 0.05) is 14.7 Å². The molecule has 0 aromatic carbocycles. The molecule has 4 unspecified atom stereocenters. The molecule has 1 aromatic heterocycles. The van der Waals surface area contributed by atoms with Crippen LogP contribution < -0.4 is 0 Å². The Morgan fingerprint density at radius 2 is 2.12 bits per heavy atom. The van der Waals surface area contributed by atoms with E-state index in [2.05, 4.69) is 35.8 Å². The first-order valence-corrected chi connectivity index (χ1v) is 7.67. The Morgan fingerprint density at radius 3 is 2.69 bits per heavy atom. The summed E-state index contributed by atoms with van der Waals surface area (Å²) in [6.07, 6.45) is 3.33. The fourth-order valence-corrected chi connectivity index (χ4v) is 4.11. The molecule has 2 rings (SSSR count). The highest BCUT2D eigenvalue weighted by Gasteiger charge is 2.30. The molecule has 0 amide bonds. The van der Waals surface area contributed by atoms with E-state index < -0.39 is 0 Å². The number of rotatable bonds is 2. The van der Waals surface area contributed by atoms with Crippen molar-refractivity contribution in [2.45, 2.75) is 39.2 Å². The molecule has 1 aromatic rings. The monoisotopic (exact) mass is 302 g/mol. The molecule has 0 radical (unpaired) electrons. The second-order valence-electron chi connectivity index (χ2n) is 5.14. The molecule has 1 saturated carbocycles. The van der Waals surface area contributed by atoms with Crippen LogP contribution in [0.25, 0.3) is 0 Å². The summed E-state index contributed by atoms with van der Waals surface area (Å²) in [6.45, 7) is 4.64. The van der Waals surface area contributed by atoms with Gasteiger partial charge in [0.05, 0.1) is 6.10 Å². The highest BCUT2D eigenvalue weighted by Crippen LogP contribution is 2.41. The third-order valence-corrected chi connectivity index (χ3v) is 5.73. The molecule has 1 heterocycles. The van der Waals surface area contributed by atoms with E-state index in [1.807, 2.05) is 5.38 Å². The van der Waals surface area contributed by atoms with Crippen LogP contribution in [0, 0.1) is 17.8 Å². The highest BCUT2D eigenvalue weighted by atomic mass is 79.9. The predicted octanol–water partition coefficient (Wildman–Crippen LogP) is 4.62. The average molecular weight is 303 g/mol. The summed E-state index contributed by atoms with van der Waals surface area (Å²) < 4.78 is 1.09. The molecule has 90 valence electrons. The second-order valence-corrected chi connectivity index (χ2v) is 7.00. The summed E-state index contributed by atoms with van der Waals surface area (Å²) in [5.74, 6) is 2.02. The molecule has 0 aliphatic heterocycles. The van der Waals surface area contributed by atoms with E-state index >= 15 is 0 Å². The standard InChI is InChI=1S/C13H19BrOS/c1-8-3-4-10(5-9(8)2)13(15)12-6-11(14)7-16-12/h6-10,13,15H,3-5H2,1-2H3. The summed E-state index contributed by atoms with van der Waals surface area (Å²) in [7, 11) is 0. The Hall–Kier alpha value is 0.140. The van der Waals surface area contributed by atoms with Gasteiger partial charge in [0.15, 0.2) is 0 Å². The van der Waals surface area contributed by atoms with Crippen LogP contribution in [0.4, 0.5) is 0 Å². The molecule has 1 aliphatic carbocycles. The van der Waals surface area contributed by atoms with Gasteiger partial charge in [-0.1, -0.05) is 20.3 Å². The van der Waals surface area contributed by atoms with Gasteiger partial charge in [-0.25, -0.2) is 0 Å². The zero-order valence-electron chi connectivity index (χ0n) is 9.82. The molecule has 1 N–H and O–H groups in total. The van der Waals surface area contributed by atoms with Crippen molar-refractivity contribution >= 4 is 27.3 Å². The second kappa shape index (κ2) is 5.19. The van der Waals surface area contributed by atoms with Gasteiger partial charge in [0.1, 0.15) is 0 Å². The summed E-state index contributed by atoms with van der Waals surface area (Å²) in [4.78, 5) is 1.11. The molecule has 3 heteroatoms. The minimum Gasteiger partial charge on any atom is -0.387 e. The van der Waals surface area contributed by atoms with Gasteiger partial charge in [-0.05, 0) is 52.6 Å². The maximum Gasteiger partial charge on any atom is 0.0910 e. The van der Waals surface area contributed by atoms with E-state index in [0.717, 1.165) is 27.6 Å². The third kappa shape index (κ3) is 2.69. The Morgan fingerprint density at radius 1 is 1.38 bits per heavy atom. The lowest BCUT2D eigenvalue weighted by molar-refractivity contribution is 0.0585. The molecule has 1 nitrogen and oxygen atoms in total. The van der Waals surface area contributed by atoms with Crippen molar-refractivity contribution in [3.8, 4) is 0 Å². The quantitative estimate of drug-likeness (QED) is 0.845. The van der Waals surface area contributed by atoms with Crippen LogP contribution in [0.2, 0.25) is 0 Å². The normalized spacial score (nSPS) is 32.6. The lowest BCUT2D eigenvalue weighted by Gasteiger charge is -2.34. The Balaban J connectivity index is 2.02. The fourth-order valence-electron chi connectivity index (χ4n) is 2.59. The van der Waals surface area contributed by atoms with Crippen LogP contribution >= 0.6 is 27.3 Å². The first kappa shape index (κ1) is 12.6. The van der Waals surface area contributed by atoms with Crippen LogP contribution in [-0.4, -0.2) is 5.11 Å². The van der Waals surface area contributed by atoms with E-state index in [1.165, 1.54) is 12.8 Å². The summed E-state index contributed by atoms with van der Waals surface area (Å²) in [5.41, 5.74) is 0. The molecule has 16 heavy (non-hydrogen) atoms. The van der Waals surface area contributed by atoms with Crippen LogP contribution in [0.15, 0.2) is 15.9 Å². The van der Waals surface area contributed by atoms with Crippen LogP contribution in [0.3, 0.4) is 0 Å². The SMILES string of the molecule is CC1CCC(C(O)c2cc(Br)cs2)CC1C. The van der Waals surface area contributed by atoms with Crippen molar-refractivity contribution < 1.29 is 5.11 Å². The van der Waals surface area contributed by atoms with Crippen LogP contribution in [-0.2, 0) is 0 Å². The van der Waals surface area contributed by atoms with Crippen molar-refractivity contribution in [2.75, 3.05) is 0 Å². The van der Waals surface area contributed by atoms with Gasteiger partial charge in [-0.15, -0.1) is 11.3 Å². The number of aliphatic hydroxyl groups is 1. The van der Waals surface area contributed by atoms with Crippen molar-refractivity contribution in [3.05, 3.63) is 20.8 Å². The number of aliphatic hydroxyl groups excluding tert-OH is 1. The van der Waals surface area contributed by atoms with E-state index in [-0.39, 0.29) is 6.10 Å². The Kier molecular flexibility index (Phi) is 4.09. The van der Waals surface area contributed by atoms with Gasteiger partial charge >= 0.3 is 0 Å². The predicted molar refractivity (Wildman–Crippen MR) is 72.6 cm³/mol. The molecule has 1 fully saturated rings. The minimum atomic E-state index is -0.258. The Bertz CT molecular complexity index is 349. The minimum absolute atomic E-state index is 0.258.